The number of sulfonamides is 2. The van der Waals surface area contributed by atoms with Crippen molar-refractivity contribution in [3.8, 4) is 0 Å². The van der Waals surface area contributed by atoms with Gasteiger partial charge in [-0.05, 0) is 48.5 Å². The molecule has 0 aliphatic rings. The van der Waals surface area contributed by atoms with Crippen molar-refractivity contribution in [1.29, 1.82) is 0 Å². The van der Waals surface area contributed by atoms with Crippen LogP contribution in [0.25, 0.3) is 0 Å². The summed E-state index contributed by atoms with van der Waals surface area (Å²) in [4.78, 5) is 12.6. The van der Waals surface area contributed by atoms with Gasteiger partial charge in [-0.1, -0.05) is 29.8 Å². The first-order valence-corrected chi connectivity index (χ1v) is 13.2. The van der Waals surface area contributed by atoms with Crippen LogP contribution in [-0.2, 0) is 24.8 Å². The molecule has 1 amide bonds. The molecule has 0 saturated heterocycles. The van der Waals surface area contributed by atoms with E-state index in [0.29, 0.717) is 24.5 Å². The van der Waals surface area contributed by atoms with Gasteiger partial charge in [0.05, 0.1) is 16.8 Å². The molecule has 11 heteroatoms. The molecule has 0 aliphatic carbocycles. The number of carbonyl (C=O) groups is 1. The van der Waals surface area contributed by atoms with Crippen LogP contribution in [0, 0.1) is 0 Å². The molecule has 1 N–H and O–H groups in total. The van der Waals surface area contributed by atoms with E-state index in [0.717, 1.165) is 15.0 Å². The molecule has 0 bridgehead atoms. The normalized spacial score (nSPS) is 12.0. The topological polar surface area (TPSA) is 104 Å². The maximum Gasteiger partial charge on any atom is 0.245 e. The molecule has 0 fully saturated rings. The summed E-state index contributed by atoms with van der Waals surface area (Å²) in [6.07, 6.45) is 1.02. The zero-order chi connectivity index (χ0) is 22.5. The van der Waals surface area contributed by atoms with E-state index in [2.05, 4.69) is 21.2 Å². The van der Waals surface area contributed by atoms with E-state index < -0.39 is 32.5 Å². The summed E-state index contributed by atoms with van der Waals surface area (Å²) in [6.45, 7) is 3.81. The first-order valence-electron chi connectivity index (χ1n) is 9.12. The molecule has 0 heterocycles. The molecular formula is C19H24BrN3O5S2. The van der Waals surface area contributed by atoms with Crippen molar-refractivity contribution in [2.24, 2.45) is 0 Å². The average Bonchev–Trinajstić information content (AvgIpc) is 2.67. The molecular weight excluding hydrogens is 494 g/mol. The number of halogens is 1. The fraction of sp³-hybridized carbons (Fsp3) is 0.316. The number of rotatable bonds is 9. The fourth-order valence-corrected chi connectivity index (χ4v) is 5.34. The fourth-order valence-electron chi connectivity index (χ4n) is 2.76. The second-order valence-corrected chi connectivity index (χ2v) is 11.2. The van der Waals surface area contributed by atoms with Gasteiger partial charge in [-0.2, -0.15) is 4.31 Å². The zero-order valence-corrected chi connectivity index (χ0v) is 20.1. The Morgan fingerprint density at radius 3 is 1.93 bits per heavy atom. The molecule has 164 valence electrons. The number of amides is 1. The Morgan fingerprint density at radius 2 is 1.47 bits per heavy atom. The molecule has 2 aromatic carbocycles. The van der Waals surface area contributed by atoms with Crippen LogP contribution in [0.3, 0.4) is 0 Å². The maximum absolute atomic E-state index is 12.5. The second kappa shape index (κ2) is 9.90. The Labute approximate surface area is 186 Å². The Bertz CT molecular complexity index is 1080. The predicted molar refractivity (Wildman–Crippen MR) is 122 cm³/mol. The lowest BCUT2D eigenvalue weighted by Crippen LogP contribution is -2.37. The highest BCUT2D eigenvalue weighted by Crippen LogP contribution is 2.21. The summed E-state index contributed by atoms with van der Waals surface area (Å²) in [5.74, 6) is -0.553. The van der Waals surface area contributed by atoms with Crippen LogP contribution in [0.1, 0.15) is 13.8 Å². The van der Waals surface area contributed by atoms with E-state index in [1.165, 1.54) is 28.6 Å². The lowest BCUT2D eigenvalue weighted by atomic mass is 10.3. The third-order valence-corrected chi connectivity index (χ3v) is 8.02. The Kier molecular flexibility index (Phi) is 8.03. The lowest BCUT2D eigenvalue weighted by Gasteiger charge is -2.22. The summed E-state index contributed by atoms with van der Waals surface area (Å²) >= 11 is 3.28. The molecule has 0 atom stereocenters. The molecule has 0 aliphatic heterocycles. The van der Waals surface area contributed by atoms with Crippen molar-refractivity contribution in [3.63, 3.8) is 0 Å². The molecule has 2 aromatic rings. The van der Waals surface area contributed by atoms with Gasteiger partial charge >= 0.3 is 0 Å². The minimum Gasteiger partial charge on any atom is -0.325 e. The van der Waals surface area contributed by atoms with Crippen molar-refractivity contribution >= 4 is 53.3 Å². The highest BCUT2D eigenvalue weighted by atomic mass is 79.9. The van der Waals surface area contributed by atoms with Gasteiger partial charge in [-0.25, -0.2) is 16.8 Å². The van der Waals surface area contributed by atoms with Gasteiger partial charge in [0.15, 0.2) is 0 Å². The van der Waals surface area contributed by atoms with E-state index in [-0.39, 0.29) is 4.90 Å². The summed E-state index contributed by atoms with van der Waals surface area (Å²) < 4.78 is 52.5. The number of anilines is 2. The van der Waals surface area contributed by atoms with Crippen LogP contribution in [0.15, 0.2) is 57.9 Å². The molecule has 0 aromatic heterocycles. The second-order valence-electron chi connectivity index (χ2n) is 6.41. The van der Waals surface area contributed by atoms with E-state index in [9.17, 15) is 21.6 Å². The number of benzene rings is 2. The van der Waals surface area contributed by atoms with E-state index in [1.807, 2.05) is 0 Å². The maximum atomic E-state index is 12.5. The standard InChI is InChI=1S/C19H24BrN3O5S2/c1-4-22(5-2)30(27,28)18-12-8-16(9-13-18)21-19(24)14-23(29(3,25)26)17-10-6-15(20)7-11-17/h6-13H,4-5,14H2,1-3H3,(H,21,24). The van der Waals surface area contributed by atoms with E-state index in [4.69, 9.17) is 0 Å². The minimum absolute atomic E-state index is 0.122. The van der Waals surface area contributed by atoms with Crippen LogP contribution in [0.4, 0.5) is 11.4 Å². The minimum atomic E-state index is -3.69. The number of hydrogen-bond donors (Lipinski definition) is 1. The SMILES string of the molecule is CCN(CC)S(=O)(=O)c1ccc(NC(=O)CN(c2ccc(Br)cc2)S(C)(=O)=O)cc1. The Morgan fingerprint density at radius 1 is 0.933 bits per heavy atom. The highest BCUT2D eigenvalue weighted by Gasteiger charge is 2.23. The predicted octanol–water partition coefficient (Wildman–Crippen LogP) is 2.88. The quantitative estimate of drug-likeness (QED) is 0.550. The van der Waals surface area contributed by atoms with Gasteiger partial charge < -0.3 is 5.32 Å². The van der Waals surface area contributed by atoms with Crippen LogP contribution in [0.5, 0.6) is 0 Å². The summed E-state index contributed by atoms with van der Waals surface area (Å²) in [5, 5.41) is 2.60. The largest absolute Gasteiger partial charge is 0.325 e. The van der Waals surface area contributed by atoms with Gasteiger partial charge in [0.1, 0.15) is 6.54 Å². The highest BCUT2D eigenvalue weighted by molar-refractivity contribution is 9.10. The third kappa shape index (κ3) is 6.03. The molecule has 0 spiro atoms. The molecule has 0 unspecified atom stereocenters. The monoisotopic (exact) mass is 517 g/mol. The van der Waals surface area contributed by atoms with Crippen molar-refractivity contribution in [2.45, 2.75) is 18.7 Å². The first kappa shape index (κ1) is 24.3. The molecule has 2 rings (SSSR count). The van der Waals surface area contributed by atoms with Gasteiger partial charge in [0.2, 0.25) is 26.0 Å². The van der Waals surface area contributed by atoms with Gasteiger partial charge in [0.25, 0.3) is 0 Å². The van der Waals surface area contributed by atoms with Crippen LogP contribution < -0.4 is 9.62 Å². The molecule has 0 saturated carbocycles. The lowest BCUT2D eigenvalue weighted by molar-refractivity contribution is -0.114. The summed E-state index contributed by atoms with van der Waals surface area (Å²) in [6, 6.07) is 12.3. The van der Waals surface area contributed by atoms with Crippen LogP contribution in [-0.4, -0.2) is 52.9 Å². The average molecular weight is 518 g/mol. The first-order chi connectivity index (χ1) is 14.0. The zero-order valence-electron chi connectivity index (χ0n) is 16.9. The van der Waals surface area contributed by atoms with Crippen molar-refractivity contribution in [1.82, 2.24) is 4.31 Å². The van der Waals surface area contributed by atoms with Crippen LogP contribution >= 0.6 is 15.9 Å². The van der Waals surface area contributed by atoms with Gasteiger partial charge in [0, 0.05) is 23.2 Å². The number of hydrogen-bond acceptors (Lipinski definition) is 5. The Balaban J connectivity index is 2.16. The smallest absolute Gasteiger partial charge is 0.245 e. The number of nitrogens with one attached hydrogen (secondary N) is 1. The summed E-state index contributed by atoms with van der Waals surface area (Å²) in [5.41, 5.74) is 0.722. The van der Waals surface area contributed by atoms with Crippen molar-refractivity contribution < 1.29 is 21.6 Å². The molecule has 0 radical (unpaired) electrons. The van der Waals surface area contributed by atoms with E-state index in [1.54, 1.807) is 38.1 Å². The number of nitrogens with zero attached hydrogens (tertiary/aromatic N) is 2. The Hall–Kier alpha value is -1.95. The number of carbonyl (C=O) groups excluding carboxylic acids is 1. The van der Waals surface area contributed by atoms with Crippen molar-refractivity contribution in [3.05, 3.63) is 53.0 Å². The molecule has 8 nitrogen and oxygen atoms in total. The van der Waals surface area contributed by atoms with Gasteiger partial charge in [-0.3, -0.25) is 9.10 Å². The van der Waals surface area contributed by atoms with Gasteiger partial charge in [-0.15, -0.1) is 0 Å². The molecule has 30 heavy (non-hydrogen) atoms. The third-order valence-electron chi connectivity index (χ3n) is 4.28. The van der Waals surface area contributed by atoms with Crippen molar-refractivity contribution in [2.75, 3.05) is 35.5 Å². The summed E-state index contributed by atoms with van der Waals surface area (Å²) in [7, 11) is -7.28. The van der Waals surface area contributed by atoms with Crippen LogP contribution in [0.2, 0.25) is 0 Å². The van der Waals surface area contributed by atoms with E-state index >= 15 is 0 Å².